The molecule has 0 aliphatic carbocycles. The SMILES string of the molecule is CCN(CC)P(O)c1ccccc1. The molecule has 0 aliphatic heterocycles. The highest BCUT2D eigenvalue weighted by Crippen LogP contribution is 2.33. The minimum Gasteiger partial charge on any atom is -0.356 e. The molecule has 1 aromatic rings. The van der Waals surface area contributed by atoms with Crippen LogP contribution in [0.4, 0.5) is 0 Å². The quantitative estimate of drug-likeness (QED) is 0.746. The molecule has 1 N–H and O–H groups in total. The summed E-state index contributed by atoms with van der Waals surface area (Å²) in [6.45, 7) is 5.93. The molecule has 1 unspecified atom stereocenters. The summed E-state index contributed by atoms with van der Waals surface area (Å²) < 4.78 is 2.07. The second-order valence-corrected chi connectivity index (χ2v) is 4.42. The normalized spacial score (nSPS) is 13.2. The molecule has 0 aromatic heterocycles. The van der Waals surface area contributed by atoms with E-state index in [0.29, 0.717) is 0 Å². The highest BCUT2D eigenvalue weighted by molar-refractivity contribution is 7.57. The van der Waals surface area contributed by atoms with Crippen LogP contribution in [0, 0.1) is 0 Å². The zero-order valence-electron chi connectivity index (χ0n) is 8.14. The van der Waals surface area contributed by atoms with Gasteiger partial charge in [-0.1, -0.05) is 44.2 Å². The molecule has 0 spiro atoms. The van der Waals surface area contributed by atoms with Gasteiger partial charge in [0.1, 0.15) is 8.30 Å². The van der Waals surface area contributed by atoms with Crippen LogP contribution in [0.25, 0.3) is 0 Å². The lowest BCUT2D eigenvalue weighted by Crippen LogP contribution is -2.21. The van der Waals surface area contributed by atoms with E-state index in [-0.39, 0.29) is 0 Å². The van der Waals surface area contributed by atoms with Crippen molar-refractivity contribution >= 4 is 13.6 Å². The van der Waals surface area contributed by atoms with Crippen LogP contribution < -0.4 is 5.30 Å². The first-order valence-corrected chi connectivity index (χ1v) is 5.83. The maximum atomic E-state index is 9.97. The van der Waals surface area contributed by atoms with Crippen LogP contribution in [0.5, 0.6) is 0 Å². The molecule has 0 aliphatic rings. The van der Waals surface area contributed by atoms with Gasteiger partial charge in [0.25, 0.3) is 0 Å². The van der Waals surface area contributed by atoms with Crippen LogP contribution in [0.3, 0.4) is 0 Å². The standard InChI is InChI=1S/C10H16NOP/c1-3-11(4-2)13(12)10-8-6-5-7-9-10/h5-9,12H,3-4H2,1-2H3. The van der Waals surface area contributed by atoms with Gasteiger partial charge >= 0.3 is 0 Å². The molecule has 1 atom stereocenters. The Morgan fingerprint density at radius 3 is 2.15 bits per heavy atom. The second-order valence-electron chi connectivity index (χ2n) is 2.76. The molecule has 13 heavy (non-hydrogen) atoms. The lowest BCUT2D eigenvalue weighted by molar-refractivity contribution is 0.451. The minimum atomic E-state index is -1.11. The molecule has 1 aromatic carbocycles. The maximum Gasteiger partial charge on any atom is 0.134 e. The van der Waals surface area contributed by atoms with Gasteiger partial charge in [-0.25, -0.2) is 0 Å². The lowest BCUT2D eigenvalue weighted by Gasteiger charge is -2.23. The van der Waals surface area contributed by atoms with Crippen molar-refractivity contribution in [3.8, 4) is 0 Å². The first-order valence-electron chi connectivity index (χ1n) is 4.58. The molecular weight excluding hydrogens is 181 g/mol. The molecule has 0 saturated heterocycles. The summed E-state index contributed by atoms with van der Waals surface area (Å²) in [6.07, 6.45) is 0. The average molecular weight is 197 g/mol. The third-order valence-corrected chi connectivity index (χ3v) is 3.85. The van der Waals surface area contributed by atoms with Crippen molar-refractivity contribution in [2.24, 2.45) is 0 Å². The van der Waals surface area contributed by atoms with E-state index in [1.165, 1.54) is 0 Å². The Hall–Kier alpha value is -0.430. The van der Waals surface area contributed by atoms with E-state index in [4.69, 9.17) is 0 Å². The summed E-state index contributed by atoms with van der Waals surface area (Å²) in [7, 11) is -1.11. The molecule has 72 valence electrons. The van der Waals surface area contributed by atoms with E-state index in [1.807, 2.05) is 30.3 Å². The van der Waals surface area contributed by atoms with E-state index < -0.39 is 8.30 Å². The molecule has 0 fully saturated rings. The van der Waals surface area contributed by atoms with Gasteiger partial charge in [-0.15, -0.1) is 0 Å². The molecule has 2 nitrogen and oxygen atoms in total. The van der Waals surface area contributed by atoms with Gasteiger partial charge in [0.05, 0.1) is 0 Å². The van der Waals surface area contributed by atoms with E-state index >= 15 is 0 Å². The molecule has 0 amide bonds. The van der Waals surface area contributed by atoms with Gasteiger partial charge in [0.2, 0.25) is 0 Å². The first-order chi connectivity index (χ1) is 6.29. The topological polar surface area (TPSA) is 23.5 Å². The van der Waals surface area contributed by atoms with E-state index in [2.05, 4.69) is 18.5 Å². The number of benzene rings is 1. The van der Waals surface area contributed by atoms with Gasteiger partial charge in [0, 0.05) is 18.4 Å². The Balaban J connectivity index is 2.72. The zero-order valence-corrected chi connectivity index (χ0v) is 9.04. The Bertz CT molecular complexity index is 236. The smallest absolute Gasteiger partial charge is 0.134 e. The number of hydrogen-bond acceptors (Lipinski definition) is 2. The summed E-state index contributed by atoms with van der Waals surface area (Å²) in [4.78, 5) is 9.97. The van der Waals surface area contributed by atoms with Crippen molar-refractivity contribution in [1.82, 2.24) is 4.67 Å². The van der Waals surface area contributed by atoms with Crippen molar-refractivity contribution in [3.05, 3.63) is 30.3 Å². The Labute approximate surface area is 81.1 Å². The van der Waals surface area contributed by atoms with E-state index in [0.717, 1.165) is 18.4 Å². The van der Waals surface area contributed by atoms with Gasteiger partial charge in [-0.05, 0) is 0 Å². The van der Waals surface area contributed by atoms with Crippen LogP contribution in [0.15, 0.2) is 30.3 Å². The van der Waals surface area contributed by atoms with Crippen molar-refractivity contribution in [2.75, 3.05) is 13.1 Å². The summed E-state index contributed by atoms with van der Waals surface area (Å²) in [6, 6.07) is 9.84. The van der Waals surface area contributed by atoms with Crippen LogP contribution in [-0.4, -0.2) is 22.7 Å². The van der Waals surface area contributed by atoms with E-state index in [9.17, 15) is 4.89 Å². The highest BCUT2D eigenvalue weighted by Gasteiger charge is 2.13. The third-order valence-electron chi connectivity index (χ3n) is 1.99. The number of hydrogen-bond donors (Lipinski definition) is 1. The van der Waals surface area contributed by atoms with Crippen molar-refractivity contribution < 1.29 is 4.89 Å². The lowest BCUT2D eigenvalue weighted by atomic mass is 10.4. The maximum absolute atomic E-state index is 9.97. The molecular formula is C10H16NOP. The predicted octanol–water partition coefficient (Wildman–Crippen LogP) is 1.96. The fourth-order valence-corrected chi connectivity index (χ4v) is 2.52. The summed E-state index contributed by atoms with van der Waals surface area (Å²) in [5.41, 5.74) is 0. The van der Waals surface area contributed by atoms with Gasteiger partial charge in [0.15, 0.2) is 0 Å². The molecule has 0 radical (unpaired) electrons. The highest BCUT2D eigenvalue weighted by atomic mass is 31.2. The van der Waals surface area contributed by atoms with Crippen LogP contribution >= 0.6 is 8.30 Å². The Kier molecular flexibility index (Phi) is 4.37. The molecule has 0 heterocycles. The van der Waals surface area contributed by atoms with Crippen molar-refractivity contribution in [3.63, 3.8) is 0 Å². The molecule has 0 saturated carbocycles. The average Bonchev–Trinajstić information content (AvgIpc) is 2.21. The summed E-state index contributed by atoms with van der Waals surface area (Å²) in [5, 5.41) is 1.03. The van der Waals surface area contributed by atoms with Gasteiger partial charge < -0.3 is 4.89 Å². The largest absolute Gasteiger partial charge is 0.356 e. The fraction of sp³-hybridized carbons (Fsp3) is 0.400. The predicted molar refractivity (Wildman–Crippen MR) is 58.1 cm³/mol. The third kappa shape index (κ3) is 2.77. The summed E-state index contributed by atoms with van der Waals surface area (Å²) >= 11 is 0. The Morgan fingerprint density at radius 1 is 1.15 bits per heavy atom. The first kappa shape index (κ1) is 10.6. The molecule has 3 heteroatoms. The minimum absolute atomic E-state index is 0.896. The monoisotopic (exact) mass is 197 g/mol. The van der Waals surface area contributed by atoms with Crippen molar-refractivity contribution in [1.29, 1.82) is 0 Å². The zero-order chi connectivity index (χ0) is 9.68. The fourth-order valence-electron chi connectivity index (χ4n) is 1.22. The molecule has 1 rings (SSSR count). The Morgan fingerprint density at radius 2 is 1.69 bits per heavy atom. The number of rotatable bonds is 4. The van der Waals surface area contributed by atoms with Crippen LogP contribution in [0.2, 0.25) is 0 Å². The van der Waals surface area contributed by atoms with Gasteiger partial charge in [-0.2, -0.15) is 0 Å². The van der Waals surface area contributed by atoms with Gasteiger partial charge in [-0.3, -0.25) is 4.67 Å². The van der Waals surface area contributed by atoms with Crippen LogP contribution in [0.1, 0.15) is 13.8 Å². The van der Waals surface area contributed by atoms with E-state index in [1.54, 1.807) is 0 Å². The summed E-state index contributed by atoms with van der Waals surface area (Å²) in [5.74, 6) is 0. The van der Waals surface area contributed by atoms with Crippen molar-refractivity contribution in [2.45, 2.75) is 13.8 Å². The molecule has 0 bridgehead atoms. The second kappa shape index (κ2) is 5.33. The van der Waals surface area contributed by atoms with Crippen LogP contribution in [-0.2, 0) is 0 Å². The number of nitrogens with zero attached hydrogens (tertiary/aromatic N) is 1.